The lowest BCUT2D eigenvalue weighted by Gasteiger charge is -2.72. The van der Waals surface area contributed by atoms with Crippen LogP contribution in [-0.2, 0) is 14.2 Å². The molecule has 2 saturated heterocycles. The van der Waals surface area contributed by atoms with Crippen molar-refractivity contribution in [2.45, 2.75) is 156 Å². The Kier molecular flexibility index (Phi) is 8.33. The van der Waals surface area contributed by atoms with Gasteiger partial charge in [-0.1, -0.05) is 48.5 Å². The third-order valence-electron chi connectivity index (χ3n) is 15.7. The lowest BCUT2D eigenvalue weighted by Crippen LogP contribution is -2.68. The first-order chi connectivity index (χ1) is 20.9. The molecule has 6 rings (SSSR count). The van der Waals surface area contributed by atoms with Crippen molar-refractivity contribution in [3.8, 4) is 0 Å². The van der Waals surface area contributed by atoms with Crippen LogP contribution >= 0.6 is 0 Å². The zero-order chi connectivity index (χ0) is 33.0. The van der Waals surface area contributed by atoms with Crippen molar-refractivity contribution >= 4 is 6.09 Å². The van der Waals surface area contributed by atoms with Gasteiger partial charge in [-0.05, 0) is 106 Å². The number of carbonyl (C=O) groups is 1. The van der Waals surface area contributed by atoms with E-state index in [1.165, 1.54) is 0 Å². The van der Waals surface area contributed by atoms with Crippen LogP contribution in [0.1, 0.15) is 114 Å². The largest absolute Gasteiger partial charge is 0.446 e. The minimum atomic E-state index is -1.03. The van der Waals surface area contributed by atoms with Gasteiger partial charge in [0.05, 0.1) is 30.0 Å². The maximum absolute atomic E-state index is 12.9. The van der Waals surface area contributed by atoms with Crippen LogP contribution in [0.4, 0.5) is 4.79 Å². The van der Waals surface area contributed by atoms with E-state index in [9.17, 15) is 15.0 Å². The Morgan fingerprint density at radius 1 is 1.00 bits per heavy atom. The summed E-state index contributed by atoms with van der Waals surface area (Å²) in [6.07, 6.45) is 5.19. The number of aliphatic hydroxyl groups excluding tert-OH is 1. The van der Waals surface area contributed by atoms with Gasteiger partial charge in [-0.25, -0.2) is 4.79 Å². The van der Waals surface area contributed by atoms with Gasteiger partial charge >= 0.3 is 6.09 Å². The second-order valence-electron chi connectivity index (χ2n) is 18.3. The molecule has 45 heavy (non-hydrogen) atoms. The number of amides is 1. The lowest BCUT2D eigenvalue weighted by molar-refractivity contribution is -0.256. The minimum absolute atomic E-state index is 0.0460. The summed E-state index contributed by atoms with van der Waals surface area (Å²) in [6, 6.07) is 0.171. The van der Waals surface area contributed by atoms with Gasteiger partial charge in [0.25, 0.3) is 0 Å². The first-order valence-electron chi connectivity index (χ1n) is 18.2. The summed E-state index contributed by atoms with van der Waals surface area (Å²) in [5.74, 6) is 1.40. The number of fused-ring (bicyclic) bond motifs is 7. The average molecular weight is 633 g/mol. The third-order valence-corrected chi connectivity index (χ3v) is 15.7. The monoisotopic (exact) mass is 632 g/mol. The number of alkyl carbamates (subject to hydrolysis) is 1. The Morgan fingerprint density at radius 3 is 2.22 bits per heavy atom. The predicted molar refractivity (Wildman–Crippen MR) is 175 cm³/mol. The van der Waals surface area contributed by atoms with Gasteiger partial charge in [0.1, 0.15) is 12.2 Å². The van der Waals surface area contributed by atoms with Crippen molar-refractivity contribution in [1.29, 1.82) is 0 Å². The first-order valence-corrected chi connectivity index (χ1v) is 18.2. The average Bonchev–Trinajstić information content (AvgIpc) is 3.10. The molecule has 0 aromatic carbocycles. The molecular formula is C37H64N2O6. The molecule has 8 nitrogen and oxygen atoms in total. The number of hydrogen-bond donors (Lipinski definition) is 4. The molecule has 0 aromatic heterocycles. The van der Waals surface area contributed by atoms with E-state index in [2.05, 4.69) is 59.1 Å². The van der Waals surface area contributed by atoms with Gasteiger partial charge < -0.3 is 35.1 Å². The minimum Gasteiger partial charge on any atom is -0.446 e. The van der Waals surface area contributed by atoms with Crippen LogP contribution in [0.25, 0.3) is 0 Å². The molecule has 0 aromatic rings. The Bertz CT molecular complexity index is 1140. The normalized spacial score (nSPS) is 49.9. The molecular weight excluding hydrogens is 568 g/mol. The molecule has 4 saturated carbocycles. The maximum atomic E-state index is 12.9. The van der Waals surface area contributed by atoms with E-state index in [0.717, 1.165) is 58.0 Å². The molecule has 0 radical (unpaired) electrons. The maximum Gasteiger partial charge on any atom is 0.407 e. The summed E-state index contributed by atoms with van der Waals surface area (Å²) < 4.78 is 19.2. The number of nitrogens with one attached hydrogen (secondary N) is 2. The zero-order valence-electron chi connectivity index (χ0n) is 29.9. The van der Waals surface area contributed by atoms with Gasteiger partial charge in [-0.2, -0.15) is 0 Å². The standard InChI is InChI=1S/C37H64N2O6/c1-11-43-30(33(5,6)42)23-18-21(2)27-28(44-23)29(40)37(10)25-13-12-24-32(3,4)26(45-31(41)39-22-19-38-20-22)14-15-34(24,7)35(25,8)16-17-36(27,37)9/h21-30,38,40,42H,11-20H2,1-10H3,(H,39,41)/t21-,23-,24+,25-,26+,27+,28+,29+,30+,34+,35-,36-,37-/m1/s1. The highest BCUT2D eigenvalue weighted by atomic mass is 16.6. The number of aliphatic hydroxyl groups is 2. The van der Waals surface area contributed by atoms with Crippen molar-refractivity contribution in [1.82, 2.24) is 10.6 Å². The molecule has 6 aliphatic rings. The number of rotatable bonds is 6. The molecule has 0 bridgehead atoms. The zero-order valence-corrected chi connectivity index (χ0v) is 29.9. The second-order valence-corrected chi connectivity index (χ2v) is 18.3. The van der Waals surface area contributed by atoms with Crippen LogP contribution in [0.3, 0.4) is 0 Å². The van der Waals surface area contributed by atoms with E-state index in [1.807, 2.05) is 20.8 Å². The number of hydrogen-bond acceptors (Lipinski definition) is 7. The highest BCUT2D eigenvalue weighted by molar-refractivity contribution is 5.68. The van der Waals surface area contributed by atoms with Crippen LogP contribution in [-0.4, -0.2) is 78.2 Å². The quantitative estimate of drug-likeness (QED) is 0.299. The smallest absolute Gasteiger partial charge is 0.407 e. The topological polar surface area (TPSA) is 109 Å². The Morgan fingerprint density at radius 2 is 1.62 bits per heavy atom. The summed E-state index contributed by atoms with van der Waals surface area (Å²) in [4.78, 5) is 12.9. The molecule has 0 unspecified atom stereocenters. The summed E-state index contributed by atoms with van der Waals surface area (Å²) in [5.41, 5.74) is -1.40. The number of ether oxygens (including phenoxy) is 3. The van der Waals surface area contributed by atoms with Gasteiger partial charge in [0.15, 0.2) is 0 Å². The molecule has 1 amide bonds. The van der Waals surface area contributed by atoms with Crippen LogP contribution in [0.5, 0.6) is 0 Å². The molecule has 4 N–H and O–H groups in total. The summed E-state index contributed by atoms with van der Waals surface area (Å²) in [7, 11) is 0. The van der Waals surface area contributed by atoms with E-state index >= 15 is 0 Å². The Balaban J connectivity index is 1.28. The van der Waals surface area contributed by atoms with Crippen LogP contribution in [0.15, 0.2) is 0 Å². The van der Waals surface area contributed by atoms with E-state index in [-0.39, 0.29) is 63.4 Å². The fraction of sp³-hybridized carbons (Fsp3) is 0.973. The van der Waals surface area contributed by atoms with Crippen molar-refractivity contribution < 1.29 is 29.2 Å². The fourth-order valence-corrected chi connectivity index (χ4v) is 13.0. The van der Waals surface area contributed by atoms with E-state index in [0.29, 0.717) is 24.4 Å². The molecule has 258 valence electrons. The van der Waals surface area contributed by atoms with Crippen LogP contribution < -0.4 is 10.6 Å². The van der Waals surface area contributed by atoms with Crippen molar-refractivity contribution in [2.24, 2.45) is 50.7 Å². The Labute approximate surface area is 272 Å². The van der Waals surface area contributed by atoms with Crippen LogP contribution in [0.2, 0.25) is 0 Å². The van der Waals surface area contributed by atoms with Gasteiger partial charge in [-0.15, -0.1) is 0 Å². The highest BCUT2D eigenvalue weighted by Crippen LogP contribution is 2.79. The van der Waals surface area contributed by atoms with Crippen molar-refractivity contribution in [2.75, 3.05) is 19.7 Å². The number of carbonyl (C=O) groups excluding carboxylic acids is 1. The van der Waals surface area contributed by atoms with Crippen LogP contribution in [0, 0.1) is 50.7 Å². The SMILES string of the molecule is CCO[C@@H]([C@H]1C[C@@H](C)[C@H]2[C@H](O1)[C@H](O)[C@@]1(C)[C@@H]3CC[C@H]4C(C)(C)[C@@H](OC(=O)NC5CNC5)CC[C@]4(C)[C@]3(C)CC[C@]21C)C(C)(C)O. The first kappa shape index (κ1) is 34.0. The second kappa shape index (κ2) is 11.0. The highest BCUT2D eigenvalue weighted by Gasteiger charge is 2.77. The van der Waals surface area contributed by atoms with Crippen molar-refractivity contribution in [3.63, 3.8) is 0 Å². The van der Waals surface area contributed by atoms with E-state index in [4.69, 9.17) is 14.2 Å². The van der Waals surface area contributed by atoms with E-state index in [1.54, 1.807) is 0 Å². The molecule has 4 aliphatic carbocycles. The molecule has 6 fully saturated rings. The molecule has 0 spiro atoms. The molecule has 8 heteroatoms. The van der Waals surface area contributed by atoms with Gasteiger partial charge in [-0.3, -0.25) is 0 Å². The summed E-state index contributed by atoms with van der Waals surface area (Å²) in [5, 5.41) is 29.9. The summed E-state index contributed by atoms with van der Waals surface area (Å²) in [6.45, 7) is 24.7. The molecule has 13 atom stereocenters. The third kappa shape index (κ3) is 4.72. The predicted octanol–water partition coefficient (Wildman–Crippen LogP) is 5.68. The lowest BCUT2D eigenvalue weighted by atomic mass is 9.32. The molecule has 2 aliphatic heterocycles. The fourth-order valence-electron chi connectivity index (χ4n) is 13.0. The van der Waals surface area contributed by atoms with Gasteiger partial charge in [0, 0.05) is 30.5 Å². The van der Waals surface area contributed by atoms with Crippen molar-refractivity contribution in [3.05, 3.63) is 0 Å². The molecule has 2 heterocycles. The van der Waals surface area contributed by atoms with E-state index < -0.39 is 17.8 Å². The van der Waals surface area contributed by atoms with Gasteiger partial charge in [0.2, 0.25) is 0 Å². The summed E-state index contributed by atoms with van der Waals surface area (Å²) >= 11 is 0. The Hall–Kier alpha value is -0.930.